The number of para-hydroxylation sites is 1. The Morgan fingerprint density at radius 2 is 1.88 bits per heavy atom. The number of carbonyl (C=O) groups is 1. The smallest absolute Gasteiger partial charge is 0.306 e. The molecule has 0 aliphatic carbocycles. The predicted octanol–water partition coefficient (Wildman–Crippen LogP) is 3.60. The lowest BCUT2D eigenvalue weighted by Gasteiger charge is -2.13. The molecule has 0 saturated heterocycles. The zero-order valence-corrected chi connectivity index (χ0v) is 15.6. The van der Waals surface area contributed by atoms with Crippen LogP contribution in [0, 0.1) is 0 Å². The average Bonchev–Trinajstić information content (AvgIpc) is 2.68. The van der Waals surface area contributed by atoms with Crippen molar-refractivity contribution in [2.75, 3.05) is 12.9 Å². The van der Waals surface area contributed by atoms with E-state index in [4.69, 9.17) is 0 Å². The van der Waals surface area contributed by atoms with Gasteiger partial charge in [0, 0.05) is 5.75 Å². The molecule has 0 aliphatic heterocycles. The topological polar surface area (TPSA) is 61.2 Å². The van der Waals surface area contributed by atoms with Crippen molar-refractivity contribution in [1.82, 2.24) is 9.55 Å². The Labute approximate surface area is 156 Å². The van der Waals surface area contributed by atoms with Crippen LogP contribution in [-0.4, -0.2) is 28.4 Å². The van der Waals surface area contributed by atoms with Gasteiger partial charge in [-0.1, -0.05) is 43.0 Å². The molecule has 0 saturated carbocycles. The highest BCUT2D eigenvalue weighted by Crippen LogP contribution is 2.22. The van der Waals surface area contributed by atoms with Crippen molar-refractivity contribution in [1.29, 1.82) is 0 Å². The van der Waals surface area contributed by atoms with Gasteiger partial charge in [-0.3, -0.25) is 14.2 Å². The average molecular weight is 368 g/mol. The molecule has 2 aromatic carbocycles. The van der Waals surface area contributed by atoms with E-state index >= 15 is 0 Å². The van der Waals surface area contributed by atoms with Gasteiger partial charge in [0.15, 0.2) is 5.16 Å². The van der Waals surface area contributed by atoms with E-state index in [-0.39, 0.29) is 17.9 Å². The van der Waals surface area contributed by atoms with E-state index in [9.17, 15) is 9.59 Å². The first-order chi connectivity index (χ1) is 12.6. The number of rotatable bonds is 6. The van der Waals surface area contributed by atoms with E-state index < -0.39 is 0 Å². The third-order valence-electron chi connectivity index (χ3n) is 4.11. The molecular weight excluding hydrogens is 348 g/mol. The van der Waals surface area contributed by atoms with Crippen LogP contribution in [0.25, 0.3) is 16.6 Å². The van der Waals surface area contributed by atoms with E-state index in [2.05, 4.69) is 16.6 Å². The largest absolute Gasteiger partial charge is 0.469 e. The number of aromatic nitrogens is 2. The highest BCUT2D eigenvalue weighted by molar-refractivity contribution is 7.99. The Morgan fingerprint density at radius 1 is 1.15 bits per heavy atom. The van der Waals surface area contributed by atoms with Gasteiger partial charge in [-0.05, 0) is 36.2 Å². The molecule has 134 valence electrons. The number of hydrogen-bond donors (Lipinski definition) is 0. The number of fused-ring (bicyclic) bond motifs is 1. The molecular formula is C20H20N2O3S. The summed E-state index contributed by atoms with van der Waals surface area (Å²) in [5.74, 6) is 0.212. The fraction of sp³-hybridized carbons (Fsp3) is 0.250. The van der Waals surface area contributed by atoms with Crippen molar-refractivity contribution < 1.29 is 9.53 Å². The molecule has 0 amide bonds. The molecule has 0 fully saturated rings. The van der Waals surface area contributed by atoms with Crippen molar-refractivity contribution in [3.8, 4) is 5.69 Å². The lowest BCUT2D eigenvalue weighted by Crippen LogP contribution is -2.22. The number of benzene rings is 2. The zero-order valence-electron chi connectivity index (χ0n) is 14.8. The van der Waals surface area contributed by atoms with E-state index in [1.165, 1.54) is 24.4 Å². The van der Waals surface area contributed by atoms with Crippen LogP contribution in [0.5, 0.6) is 0 Å². The molecule has 26 heavy (non-hydrogen) atoms. The normalized spacial score (nSPS) is 10.8. The Hall–Kier alpha value is -2.60. The number of nitrogens with zero attached hydrogens (tertiary/aromatic N) is 2. The molecule has 6 heteroatoms. The summed E-state index contributed by atoms with van der Waals surface area (Å²) in [6.45, 7) is 2.09. The second-order valence-electron chi connectivity index (χ2n) is 5.75. The van der Waals surface area contributed by atoms with Crippen LogP contribution in [0.4, 0.5) is 0 Å². The molecule has 1 heterocycles. The van der Waals surface area contributed by atoms with Crippen LogP contribution in [0.2, 0.25) is 0 Å². The molecule has 3 rings (SSSR count). The first-order valence-corrected chi connectivity index (χ1v) is 9.43. The highest BCUT2D eigenvalue weighted by atomic mass is 32.2. The van der Waals surface area contributed by atoms with Gasteiger partial charge >= 0.3 is 5.97 Å². The van der Waals surface area contributed by atoms with E-state index in [1.807, 2.05) is 42.5 Å². The molecule has 0 bridgehead atoms. The van der Waals surface area contributed by atoms with Gasteiger partial charge in [-0.25, -0.2) is 4.98 Å². The zero-order chi connectivity index (χ0) is 18.5. The standard InChI is InChI=1S/C20H20N2O3S/c1-3-14-8-10-15(11-9-14)22-19(24)16-6-4-5-7-17(16)21-20(22)26-13-12-18(23)25-2/h4-11H,3,12-13H2,1-2H3. The van der Waals surface area contributed by atoms with Gasteiger partial charge in [-0.2, -0.15) is 0 Å². The fourth-order valence-corrected chi connectivity index (χ4v) is 3.58. The molecule has 0 unspecified atom stereocenters. The minimum atomic E-state index is -0.278. The Bertz CT molecular complexity index is 981. The minimum absolute atomic E-state index is 0.111. The maximum atomic E-state index is 13.1. The molecule has 0 spiro atoms. The van der Waals surface area contributed by atoms with Crippen molar-refractivity contribution in [3.05, 3.63) is 64.4 Å². The SMILES string of the molecule is CCc1ccc(-n2c(SCCC(=O)OC)nc3ccccc3c2=O)cc1. The van der Waals surface area contributed by atoms with Crippen LogP contribution in [0.3, 0.4) is 0 Å². The number of thioether (sulfide) groups is 1. The van der Waals surface area contributed by atoms with Crippen LogP contribution in [0.1, 0.15) is 18.9 Å². The number of aryl methyl sites for hydroxylation is 1. The first kappa shape index (κ1) is 18.2. The lowest BCUT2D eigenvalue weighted by atomic mass is 10.1. The van der Waals surface area contributed by atoms with E-state index in [0.29, 0.717) is 21.8 Å². The summed E-state index contributed by atoms with van der Waals surface area (Å²) in [6.07, 6.45) is 1.20. The van der Waals surface area contributed by atoms with Crippen molar-refractivity contribution in [2.45, 2.75) is 24.9 Å². The van der Waals surface area contributed by atoms with Crippen molar-refractivity contribution in [3.63, 3.8) is 0 Å². The van der Waals surface area contributed by atoms with Gasteiger partial charge in [0.25, 0.3) is 5.56 Å². The van der Waals surface area contributed by atoms with E-state index in [0.717, 1.165) is 12.1 Å². The third-order valence-corrected chi connectivity index (χ3v) is 5.05. The summed E-state index contributed by atoms with van der Waals surface area (Å²) >= 11 is 1.38. The van der Waals surface area contributed by atoms with Gasteiger partial charge in [-0.15, -0.1) is 0 Å². The summed E-state index contributed by atoms with van der Waals surface area (Å²) in [7, 11) is 1.37. The van der Waals surface area contributed by atoms with Gasteiger partial charge in [0.2, 0.25) is 0 Å². The molecule has 5 nitrogen and oxygen atoms in total. The fourth-order valence-electron chi connectivity index (χ4n) is 2.65. The second kappa shape index (κ2) is 8.19. The minimum Gasteiger partial charge on any atom is -0.469 e. The summed E-state index contributed by atoms with van der Waals surface area (Å²) in [4.78, 5) is 29.1. The number of hydrogen-bond acceptors (Lipinski definition) is 5. The van der Waals surface area contributed by atoms with Crippen LogP contribution in [0.15, 0.2) is 58.5 Å². The Balaban J connectivity index is 2.07. The van der Waals surface area contributed by atoms with Crippen LogP contribution in [-0.2, 0) is 16.0 Å². The second-order valence-corrected chi connectivity index (χ2v) is 6.81. The molecule has 1 aromatic heterocycles. The molecule has 0 N–H and O–H groups in total. The maximum absolute atomic E-state index is 13.1. The molecule has 0 aliphatic rings. The lowest BCUT2D eigenvalue weighted by molar-refractivity contribution is -0.140. The van der Waals surface area contributed by atoms with Crippen LogP contribution >= 0.6 is 11.8 Å². The van der Waals surface area contributed by atoms with Gasteiger partial charge in [0.1, 0.15) is 0 Å². The van der Waals surface area contributed by atoms with Crippen molar-refractivity contribution in [2.24, 2.45) is 0 Å². The quantitative estimate of drug-likeness (QED) is 0.378. The Morgan fingerprint density at radius 3 is 2.58 bits per heavy atom. The number of methoxy groups -OCH3 is 1. The summed E-state index contributed by atoms with van der Waals surface area (Å²) in [5.41, 5.74) is 2.52. The number of esters is 1. The summed E-state index contributed by atoms with van der Waals surface area (Å²) in [6, 6.07) is 15.2. The number of carbonyl (C=O) groups excluding carboxylic acids is 1. The van der Waals surface area contributed by atoms with Crippen LogP contribution < -0.4 is 5.56 Å². The molecule has 3 aromatic rings. The molecule has 0 atom stereocenters. The van der Waals surface area contributed by atoms with E-state index in [1.54, 1.807) is 10.6 Å². The van der Waals surface area contributed by atoms with Crippen molar-refractivity contribution >= 4 is 28.6 Å². The first-order valence-electron chi connectivity index (χ1n) is 8.44. The maximum Gasteiger partial charge on any atom is 0.306 e. The Kier molecular flexibility index (Phi) is 5.73. The summed E-state index contributed by atoms with van der Waals surface area (Å²) < 4.78 is 6.30. The highest BCUT2D eigenvalue weighted by Gasteiger charge is 2.14. The number of ether oxygens (including phenoxy) is 1. The molecule has 0 radical (unpaired) electrons. The monoisotopic (exact) mass is 368 g/mol. The predicted molar refractivity (Wildman–Crippen MR) is 104 cm³/mol. The summed E-state index contributed by atoms with van der Waals surface area (Å²) in [5, 5.41) is 1.14. The van der Waals surface area contributed by atoms with Gasteiger partial charge in [0.05, 0.1) is 30.1 Å². The van der Waals surface area contributed by atoms with Gasteiger partial charge < -0.3 is 4.74 Å². The third kappa shape index (κ3) is 3.80.